The molecule has 3 aromatic rings. The average molecular weight is 539 g/mol. The summed E-state index contributed by atoms with van der Waals surface area (Å²) >= 11 is 0. The molecular weight excluding hydrogens is 524 g/mol. The van der Waals surface area contributed by atoms with E-state index in [-0.39, 0.29) is 16.9 Å². The quantitative estimate of drug-likeness (QED) is 0.332. The number of carbonyl (C=O) groups excluding carboxylic acids is 2. The van der Waals surface area contributed by atoms with E-state index in [1.54, 1.807) is 6.92 Å². The van der Waals surface area contributed by atoms with Gasteiger partial charge in [0.25, 0.3) is 5.91 Å². The van der Waals surface area contributed by atoms with Gasteiger partial charge in [-0.3, -0.25) is 14.5 Å². The van der Waals surface area contributed by atoms with Crippen molar-refractivity contribution in [1.82, 2.24) is 10.2 Å². The summed E-state index contributed by atoms with van der Waals surface area (Å²) in [6.45, 7) is 1.62. The van der Waals surface area contributed by atoms with Crippen molar-refractivity contribution in [3.05, 3.63) is 88.8 Å². The standard InChI is InChI=1S/C24H15F6N3O5/c1-12-2-11-17(32-31-12)33-19(13-3-7-15(8-4-13)37-23(25,26)27)18(21(35)22(33)36)20(34)14-5-9-16(10-6-14)38-24(28,29)30/h2-11,19,35H,1H3. The lowest BCUT2D eigenvalue weighted by Gasteiger charge is -2.25. The number of aromatic nitrogens is 2. The van der Waals surface area contributed by atoms with E-state index in [2.05, 4.69) is 19.7 Å². The first kappa shape index (κ1) is 26.4. The Morgan fingerprint density at radius 3 is 1.84 bits per heavy atom. The van der Waals surface area contributed by atoms with Gasteiger partial charge in [0, 0.05) is 5.56 Å². The predicted molar refractivity (Wildman–Crippen MR) is 117 cm³/mol. The Morgan fingerprint density at radius 2 is 1.37 bits per heavy atom. The van der Waals surface area contributed by atoms with Crippen molar-refractivity contribution in [3.8, 4) is 11.5 Å². The Bertz CT molecular complexity index is 1390. The summed E-state index contributed by atoms with van der Waals surface area (Å²) in [5.41, 5.74) is -0.0981. The number of alkyl halides is 6. The number of nitrogens with zero attached hydrogens (tertiary/aromatic N) is 3. The number of halogens is 6. The number of ether oxygens (including phenoxy) is 2. The van der Waals surface area contributed by atoms with E-state index in [1.165, 1.54) is 12.1 Å². The van der Waals surface area contributed by atoms with Crippen molar-refractivity contribution < 1.29 is 50.5 Å². The smallest absolute Gasteiger partial charge is 0.503 e. The van der Waals surface area contributed by atoms with Gasteiger partial charge in [-0.2, -0.15) is 5.10 Å². The summed E-state index contributed by atoms with van der Waals surface area (Å²) < 4.78 is 82.8. The van der Waals surface area contributed by atoms with Crippen LogP contribution < -0.4 is 14.4 Å². The van der Waals surface area contributed by atoms with Gasteiger partial charge in [0.1, 0.15) is 11.5 Å². The van der Waals surface area contributed by atoms with Gasteiger partial charge >= 0.3 is 12.7 Å². The number of aliphatic hydroxyl groups is 1. The van der Waals surface area contributed by atoms with Crippen LogP contribution in [0.15, 0.2) is 72.0 Å². The fourth-order valence-corrected chi connectivity index (χ4v) is 3.72. The summed E-state index contributed by atoms with van der Waals surface area (Å²) in [6.07, 6.45) is -9.93. The van der Waals surface area contributed by atoms with Crippen LogP contribution >= 0.6 is 0 Å². The van der Waals surface area contributed by atoms with Gasteiger partial charge in [0.05, 0.1) is 17.3 Å². The Hall–Kier alpha value is -4.62. The normalized spacial score (nSPS) is 16.1. The number of ketones is 1. The lowest BCUT2D eigenvalue weighted by atomic mass is 9.92. The van der Waals surface area contributed by atoms with E-state index in [0.29, 0.717) is 5.69 Å². The molecule has 4 rings (SSSR count). The maximum atomic E-state index is 13.4. The molecule has 1 N–H and O–H groups in total. The van der Waals surface area contributed by atoms with E-state index >= 15 is 0 Å². The number of aliphatic hydroxyl groups excluding tert-OH is 1. The van der Waals surface area contributed by atoms with Gasteiger partial charge < -0.3 is 14.6 Å². The number of benzene rings is 2. The highest BCUT2D eigenvalue weighted by molar-refractivity contribution is 6.20. The highest BCUT2D eigenvalue weighted by Crippen LogP contribution is 2.42. The molecular formula is C24H15F6N3O5. The van der Waals surface area contributed by atoms with Crippen LogP contribution in [0.5, 0.6) is 11.5 Å². The molecule has 1 atom stereocenters. The highest BCUT2D eigenvalue weighted by atomic mass is 19.4. The molecule has 0 spiro atoms. The van der Waals surface area contributed by atoms with Crippen LogP contribution in [0.1, 0.15) is 27.7 Å². The maximum Gasteiger partial charge on any atom is 0.573 e. The molecule has 0 radical (unpaired) electrons. The van der Waals surface area contributed by atoms with Gasteiger partial charge in [0.2, 0.25) is 0 Å². The molecule has 0 bridgehead atoms. The third-order valence-electron chi connectivity index (χ3n) is 5.26. The summed E-state index contributed by atoms with van der Waals surface area (Å²) in [5.74, 6) is -4.23. The van der Waals surface area contributed by atoms with Gasteiger partial charge in [-0.15, -0.1) is 31.4 Å². The first-order chi connectivity index (χ1) is 17.7. The number of rotatable bonds is 6. The van der Waals surface area contributed by atoms with E-state index in [0.717, 1.165) is 53.4 Å². The summed E-state index contributed by atoms with van der Waals surface area (Å²) in [5, 5.41) is 18.5. The van der Waals surface area contributed by atoms with Crippen molar-refractivity contribution in [2.75, 3.05) is 4.90 Å². The molecule has 0 aliphatic carbocycles. The molecule has 2 aromatic carbocycles. The Labute approximate surface area is 209 Å². The minimum Gasteiger partial charge on any atom is -0.503 e. The van der Waals surface area contributed by atoms with Crippen LogP contribution in [-0.4, -0.2) is 39.7 Å². The zero-order valence-electron chi connectivity index (χ0n) is 19.0. The summed E-state index contributed by atoms with van der Waals surface area (Å²) in [6, 6.07) is 9.46. The van der Waals surface area contributed by atoms with Crippen molar-refractivity contribution in [2.24, 2.45) is 0 Å². The number of aryl methyl sites for hydroxylation is 1. The molecule has 1 aliphatic rings. The van der Waals surface area contributed by atoms with Gasteiger partial charge in [-0.1, -0.05) is 12.1 Å². The van der Waals surface area contributed by atoms with Crippen molar-refractivity contribution in [1.29, 1.82) is 0 Å². The van der Waals surface area contributed by atoms with E-state index in [9.17, 15) is 41.0 Å². The number of Topliss-reactive ketones (excluding diaryl/α,β-unsaturated/α-hetero) is 1. The molecule has 8 nitrogen and oxygen atoms in total. The molecule has 1 aromatic heterocycles. The summed E-state index contributed by atoms with van der Waals surface area (Å²) in [7, 11) is 0. The van der Waals surface area contributed by atoms with Crippen LogP contribution in [0, 0.1) is 6.92 Å². The number of hydrogen-bond donors (Lipinski definition) is 1. The van der Waals surface area contributed by atoms with E-state index in [4.69, 9.17) is 0 Å². The topological polar surface area (TPSA) is 102 Å². The van der Waals surface area contributed by atoms with Crippen LogP contribution in [0.2, 0.25) is 0 Å². The Morgan fingerprint density at radius 1 is 0.842 bits per heavy atom. The number of carbonyl (C=O) groups is 2. The fourth-order valence-electron chi connectivity index (χ4n) is 3.72. The van der Waals surface area contributed by atoms with Gasteiger partial charge in [-0.25, -0.2) is 0 Å². The fraction of sp³-hybridized carbons (Fsp3) is 0.167. The second kappa shape index (κ2) is 9.68. The molecule has 0 fully saturated rings. The van der Waals surface area contributed by atoms with Crippen LogP contribution in [0.3, 0.4) is 0 Å². The largest absolute Gasteiger partial charge is 0.573 e. The van der Waals surface area contributed by atoms with Crippen molar-refractivity contribution in [2.45, 2.75) is 25.7 Å². The van der Waals surface area contributed by atoms with Crippen molar-refractivity contribution >= 4 is 17.5 Å². The maximum absolute atomic E-state index is 13.4. The lowest BCUT2D eigenvalue weighted by molar-refractivity contribution is -0.275. The molecule has 38 heavy (non-hydrogen) atoms. The minimum absolute atomic E-state index is 0.0792. The molecule has 198 valence electrons. The van der Waals surface area contributed by atoms with Gasteiger partial charge in [0.15, 0.2) is 17.4 Å². The third-order valence-corrected chi connectivity index (χ3v) is 5.26. The van der Waals surface area contributed by atoms with Gasteiger partial charge in [-0.05, 0) is 61.0 Å². The van der Waals surface area contributed by atoms with E-state index in [1.807, 2.05) is 0 Å². The Balaban J connectivity index is 1.76. The molecule has 2 heterocycles. The molecule has 1 aliphatic heterocycles. The predicted octanol–water partition coefficient (Wildman–Crippen LogP) is 5.37. The molecule has 0 saturated heterocycles. The SMILES string of the molecule is Cc1ccc(N2C(=O)C(O)=C(C(=O)c3ccc(OC(F)(F)F)cc3)C2c2ccc(OC(F)(F)F)cc2)nn1. The monoisotopic (exact) mass is 539 g/mol. The zero-order valence-corrected chi connectivity index (χ0v) is 19.0. The number of anilines is 1. The average Bonchev–Trinajstić information content (AvgIpc) is 3.08. The molecule has 1 unspecified atom stereocenters. The third kappa shape index (κ3) is 5.68. The second-order valence-electron chi connectivity index (χ2n) is 7.89. The van der Waals surface area contributed by atoms with Crippen LogP contribution in [-0.2, 0) is 4.79 Å². The highest BCUT2D eigenvalue weighted by Gasteiger charge is 2.45. The second-order valence-corrected chi connectivity index (χ2v) is 7.89. The Kier molecular flexibility index (Phi) is 6.74. The van der Waals surface area contributed by atoms with Crippen molar-refractivity contribution in [3.63, 3.8) is 0 Å². The van der Waals surface area contributed by atoms with Crippen LogP contribution in [0.4, 0.5) is 32.2 Å². The molecule has 0 saturated carbocycles. The lowest BCUT2D eigenvalue weighted by Crippen LogP contribution is -2.32. The zero-order chi connectivity index (χ0) is 27.8. The first-order valence-electron chi connectivity index (χ1n) is 10.6. The summed E-state index contributed by atoms with van der Waals surface area (Å²) in [4.78, 5) is 27.4. The number of hydrogen-bond acceptors (Lipinski definition) is 7. The van der Waals surface area contributed by atoms with E-state index < -0.39 is 53.3 Å². The minimum atomic E-state index is -4.97. The molecule has 14 heteroatoms. The first-order valence-corrected chi connectivity index (χ1v) is 10.6. The molecule has 1 amide bonds. The number of amides is 1. The van der Waals surface area contributed by atoms with Crippen LogP contribution in [0.25, 0.3) is 0 Å².